The van der Waals surface area contributed by atoms with Crippen LogP contribution in [0.5, 0.6) is 0 Å². The minimum atomic E-state index is -0.596. The number of imidazole rings is 1. The van der Waals surface area contributed by atoms with E-state index in [1.54, 1.807) is 66.7 Å². The molecule has 0 aliphatic heterocycles. The van der Waals surface area contributed by atoms with Crippen LogP contribution < -0.4 is 0 Å². The second kappa shape index (κ2) is 9.62. The first-order chi connectivity index (χ1) is 26.6. The van der Waals surface area contributed by atoms with Gasteiger partial charge in [-0.2, -0.15) is 0 Å². The molecule has 0 atom stereocenters. The zero-order chi connectivity index (χ0) is 40.2. The maximum atomic E-state index is 9.02. The summed E-state index contributed by atoms with van der Waals surface area (Å²) in [5.41, 5.74) is 1.21. The van der Waals surface area contributed by atoms with Crippen molar-refractivity contribution in [2.24, 2.45) is 0 Å². The summed E-state index contributed by atoms with van der Waals surface area (Å²) < 4.78 is 130. The summed E-state index contributed by atoms with van der Waals surface area (Å²) in [6, 6.07) is 10.5. The number of aromatic nitrogens is 2. The molecule has 1 aromatic heterocycles. The number of para-hydroxylation sites is 3. The van der Waals surface area contributed by atoms with Gasteiger partial charge in [-0.15, -0.1) is 0 Å². The summed E-state index contributed by atoms with van der Waals surface area (Å²) in [6.45, 7) is 0. The van der Waals surface area contributed by atoms with Gasteiger partial charge in [0.2, 0.25) is 0 Å². The molecule has 0 saturated heterocycles. The highest BCUT2D eigenvalue weighted by molar-refractivity contribution is 6.21. The molecule has 0 aliphatic carbocycles. The summed E-state index contributed by atoms with van der Waals surface area (Å²) in [7, 11) is 0. The first kappa shape index (κ1) is 12.8. The van der Waals surface area contributed by atoms with Crippen LogP contribution in [0.4, 0.5) is 0 Å². The minimum absolute atomic E-state index is 0.119. The Bertz CT molecular complexity index is 2960. The highest BCUT2D eigenvalue weighted by Gasteiger charge is 2.22. The summed E-state index contributed by atoms with van der Waals surface area (Å²) in [5.74, 6) is 0.161. The van der Waals surface area contributed by atoms with Crippen molar-refractivity contribution in [1.29, 1.82) is 0 Å². The number of benzene rings is 7. The molecule has 0 bridgehead atoms. The van der Waals surface area contributed by atoms with Crippen molar-refractivity contribution in [3.05, 3.63) is 157 Å². The van der Waals surface area contributed by atoms with Gasteiger partial charge in [-0.1, -0.05) is 127 Å². The second-order valence-corrected chi connectivity index (χ2v) is 9.29. The van der Waals surface area contributed by atoms with Crippen molar-refractivity contribution in [2.45, 2.75) is 0 Å². The third-order valence-electron chi connectivity index (χ3n) is 7.06. The van der Waals surface area contributed by atoms with Crippen molar-refractivity contribution in [3.63, 3.8) is 0 Å². The molecule has 192 valence electrons. The zero-order valence-electron chi connectivity index (χ0n) is 36.2. The Balaban J connectivity index is 1.63. The summed E-state index contributed by atoms with van der Waals surface area (Å²) in [5, 5.41) is 1.51. The molecule has 0 N–H and O–H groups in total. The van der Waals surface area contributed by atoms with Gasteiger partial charge in [0, 0.05) is 11.3 Å². The third kappa shape index (κ3) is 3.84. The summed E-state index contributed by atoms with van der Waals surface area (Å²) in [6.07, 6.45) is 0. The highest BCUT2D eigenvalue weighted by Crippen LogP contribution is 2.45. The van der Waals surface area contributed by atoms with Crippen LogP contribution >= 0.6 is 0 Å². The van der Waals surface area contributed by atoms with Gasteiger partial charge in [-0.3, -0.25) is 4.57 Å². The predicted molar refractivity (Wildman–Crippen MR) is 172 cm³/mol. The predicted octanol–water partition coefficient (Wildman–Crippen LogP) is 10.3. The largest absolute Gasteiger partial charge is 0.292 e. The lowest BCUT2D eigenvalue weighted by Gasteiger charge is -2.19. The molecule has 0 fully saturated rings. The number of nitrogens with zero attached hydrogens (tertiary/aromatic N) is 2. The molecule has 1 heterocycles. The SMILES string of the molecule is [2H]c1c([2H])c([2H])c(-c2ccc3c(-c4nc5ccccc5n4-c4c([2H])c([2H])c([2H])c([2H])c4[2H])c4ccccc4c(-c4c([2H])c([2H])c([2H])c([2H])c4[2H])c3c2)c([2H])c1[2H]. The van der Waals surface area contributed by atoms with Gasteiger partial charge in [-0.25, -0.2) is 4.98 Å². The fourth-order valence-corrected chi connectivity index (χ4v) is 5.39. The van der Waals surface area contributed by atoms with Gasteiger partial charge >= 0.3 is 0 Å². The van der Waals surface area contributed by atoms with Crippen molar-refractivity contribution in [1.82, 2.24) is 9.55 Å². The van der Waals surface area contributed by atoms with Crippen LogP contribution in [0, 0.1) is 0 Å². The van der Waals surface area contributed by atoms with Crippen LogP contribution in [0.3, 0.4) is 0 Å². The molecule has 0 spiro atoms. The monoisotopic (exact) mass is 537 g/mol. The standard InChI is InChI=1S/C39H26N2/c1-4-14-27(15-5-1)29-24-25-33-34(26-29)37(28-16-6-2-7-17-28)31-20-10-11-21-32(31)38(33)39-40-35-22-12-13-23-36(35)41(39)30-18-8-3-9-19-30/h1-26H/i1D,2D,3D,4D,5D,6D,7D,8D,9D,14D,15D,16D,17D,18D,19D. The maximum Gasteiger partial charge on any atom is 0.146 e. The quantitative estimate of drug-likeness (QED) is 0.204. The number of rotatable bonds is 4. The van der Waals surface area contributed by atoms with Crippen LogP contribution in [0.25, 0.3) is 71.9 Å². The van der Waals surface area contributed by atoms with Gasteiger partial charge in [0.05, 0.1) is 31.6 Å². The Labute approximate surface area is 259 Å². The van der Waals surface area contributed by atoms with Crippen molar-refractivity contribution in [2.75, 3.05) is 0 Å². The molecular formula is C39H26N2. The Hall–Kier alpha value is -5.47. The van der Waals surface area contributed by atoms with Crippen LogP contribution in [0.2, 0.25) is 0 Å². The zero-order valence-corrected chi connectivity index (χ0v) is 21.2. The van der Waals surface area contributed by atoms with Crippen LogP contribution in [0.15, 0.2) is 157 Å². The molecule has 0 amide bonds. The van der Waals surface area contributed by atoms with E-state index in [0.717, 1.165) is 0 Å². The fraction of sp³-hybridized carbons (Fsp3) is 0. The van der Waals surface area contributed by atoms with Crippen LogP contribution in [-0.4, -0.2) is 9.55 Å². The Kier molecular flexibility index (Phi) is 3.00. The van der Waals surface area contributed by atoms with E-state index >= 15 is 0 Å². The van der Waals surface area contributed by atoms with Gasteiger partial charge in [0.25, 0.3) is 0 Å². The van der Waals surface area contributed by atoms with Crippen molar-refractivity contribution >= 4 is 32.6 Å². The Morgan fingerprint density at radius 1 is 0.488 bits per heavy atom. The smallest absolute Gasteiger partial charge is 0.146 e. The van der Waals surface area contributed by atoms with E-state index in [1.807, 2.05) is 0 Å². The molecule has 8 rings (SSSR count). The molecule has 2 heteroatoms. The van der Waals surface area contributed by atoms with E-state index in [1.165, 1.54) is 4.57 Å². The minimum Gasteiger partial charge on any atom is -0.292 e. The average molecular weight is 538 g/mol. The molecule has 2 nitrogen and oxygen atoms in total. The van der Waals surface area contributed by atoms with E-state index in [-0.39, 0.29) is 39.2 Å². The maximum absolute atomic E-state index is 9.02. The lowest BCUT2D eigenvalue weighted by Crippen LogP contribution is -1.99. The number of hydrogen-bond donors (Lipinski definition) is 0. The molecule has 0 aliphatic rings. The lowest BCUT2D eigenvalue weighted by molar-refractivity contribution is 1.11. The number of fused-ring (bicyclic) bond motifs is 3. The Morgan fingerprint density at radius 2 is 1.07 bits per heavy atom. The molecule has 7 aromatic carbocycles. The summed E-state index contributed by atoms with van der Waals surface area (Å²) in [4.78, 5) is 4.98. The molecule has 0 saturated carbocycles. The van der Waals surface area contributed by atoms with Gasteiger partial charge in [-0.05, 0) is 74.1 Å². The molecule has 0 unspecified atom stereocenters. The molecule has 8 aromatic rings. The average Bonchev–Trinajstić information content (AvgIpc) is 3.57. The van der Waals surface area contributed by atoms with E-state index in [2.05, 4.69) is 0 Å². The molecule has 41 heavy (non-hydrogen) atoms. The van der Waals surface area contributed by atoms with Crippen LogP contribution in [0.1, 0.15) is 20.6 Å². The van der Waals surface area contributed by atoms with Gasteiger partial charge in [0.1, 0.15) is 5.82 Å². The molecule has 0 radical (unpaired) electrons. The number of hydrogen-bond acceptors (Lipinski definition) is 1. The Morgan fingerprint density at radius 3 is 1.80 bits per heavy atom. The highest BCUT2D eigenvalue weighted by atomic mass is 15.1. The molecular weight excluding hydrogens is 496 g/mol. The third-order valence-corrected chi connectivity index (χ3v) is 7.06. The van der Waals surface area contributed by atoms with E-state index in [9.17, 15) is 0 Å². The second-order valence-electron chi connectivity index (χ2n) is 9.29. The topological polar surface area (TPSA) is 17.8 Å². The van der Waals surface area contributed by atoms with Gasteiger partial charge < -0.3 is 0 Å². The van der Waals surface area contributed by atoms with Gasteiger partial charge in [0.15, 0.2) is 0 Å². The van der Waals surface area contributed by atoms with E-state index in [0.29, 0.717) is 32.8 Å². The fourth-order valence-electron chi connectivity index (χ4n) is 5.39. The van der Waals surface area contributed by atoms with Crippen LogP contribution in [-0.2, 0) is 0 Å². The summed E-state index contributed by atoms with van der Waals surface area (Å²) >= 11 is 0. The lowest BCUT2D eigenvalue weighted by atomic mass is 9.86. The first-order valence-electron chi connectivity index (χ1n) is 20.3. The first-order valence-corrected chi connectivity index (χ1v) is 12.8. The van der Waals surface area contributed by atoms with Crippen molar-refractivity contribution < 1.29 is 20.6 Å². The normalized spacial score (nSPS) is 16.5. The van der Waals surface area contributed by atoms with E-state index < -0.39 is 90.6 Å². The van der Waals surface area contributed by atoms with Crippen molar-refractivity contribution in [3.8, 4) is 39.3 Å². The van der Waals surface area contributed by atoms with E-state index in [4.69, 9.17) is 25.5 Å².